The molecule has 3 rings (SSSR count). The lowest BCUT2D eigenvalue weighted by atomic mass is 9.89. The van der Waals surface area contributed by atoms with E-state index in [1.54, 1.807) is 16.7 Å². The maximum absolute atomic E-state index is 2.39. The van der Waals surface area contributed by atoms with Gasteiger partial charge in [-0.2, -0.15) is 0 Å². The van der Waals surface area contributed by atoms with Crippen LogP contribution in [0.4, 0.5) is 0 Å². The second-order valence-corrected chi connectivity index (χ2v) is 5.50. The standard InChI is InChI=1S/C17H22/c1-2-4-6-10-16-14(8-5-3-1)12-13-15-9-7-11-17(15)16/h7,9,12-13H,1-6,8,10-11H2. The predicted molar refractivity (Wildman–Crippen MR) is 74.3 cm³/mol. The first-order valence-electron chi connectivity index (χ1n) is 7.25. The summed E-state index contributed by atoms with van der Waals surface area (Å²) in [5.41, 5.74) is 6.48. The van der Waals surface area contributed by atoms with Crippen LogP contribution >= 0.6 is 0 Å². The van der Waals surface area contributed by atoms with Crippen molar-refractivity contribution in [2.24, 2.45) is 0 Å². The van der Waals surface area contributed by atoms with E-state index in [4.69, 9.17) is 0 Å². The Kier molecular flexibility index (Phi) is 3.31. The Labute approximate surface area is 105 Å². The number of benzene rings is 1. The highest BCUT2D eigenvalue weighted by molar-refractivity contribution is 5.63. The summed E-state index contributed by atoms with van der Waals surface area (Å²) in [5, 5.41) is 0. The van der Waals surface area contributed by atoms with Crippen LogP contribution in [0, 0.1) is 0 Å². The molecule has 0 amide bonds. The van der Waals surface area contributed by atoms with Crippen molar-refractivity contribution in [2.75, 3.05) is 0 Å². The zero-order valence-corrected chi connectivity index (χ0v) is 10.7. The number of rotatable bonds is 0. The van der Waals surface area contributed by atoms with E-state index in [2.05, 4.69) is 24.3 Å². The van der Waals surface area contributed by atoms with Gasteiger partial charge in [0.1, 0.15) is 0 Å². The minimum atomic E-state index is 1.18. The summed E-state index contributed by atoms with van der Waals surface area (Å²) in [5.74, 6) is 0. The van der Waals surface area contributed by atoms with Crippen LogP contribution in [0.25, 0.3) is 6.08 Å². The van der Waals surface area contributed by atoms with Gasteiger partial charge in [0.25, 0.3) is 0 Å². The number of allylic oxidation sites excluding steroid dienone is 1. The Morgan fingerprint density at radius 3 is 2.35 bits per heavy atom. The summed E-state index contributed by atoms with van der Waals surface area (Å²) in [7, 11) is 0. The molecule has 0 aliphatic heterocycles. The van der Waals surface area contributed by atoms with Crippen LogP contribution in [0.5, 0.6) is 0 Å². The summed E-state index contributed by atoms with van der Waals surface area (Å²) in [6, 6.07) is 4.73. The molecule has 0 fully saturated rings. The van der Waals surface area contributed by atoms with Crippen LogP contribution in [0.15, 0.2) is 18.2 Å². The molecular formula is C17H22. The van der Waals surface area contributed by atoms with Gasteiger partial charge in [0, 0.05) is 0 Å². The van der Waals surface area contributed by atoms with E-state index in [9.17, 15) is 0 Å². The Balaban J connectivity index is 1.92. The molecule has 90 valence electrons. The summed E-state index contributed by atoms with van der Waals surface area (Å²) >= 11 is 0. The second kappa shape index (κ2) is 5.08. The lowest BCUT2D eigenvalue weighted by Gasteiger charge is -2.16. The van der Waals surface area contributed by atoms with E-state index in [1.165, 1.54) is 63.4 Å². The van der Waals surface area contributed by atoms with Gasteiger partial charge in [-0.05, 0) is 54.4 Å². The molecule has 0 nitrogen and oxygen atoms in total. The number of fused-ring (bicyclic) bond motifs is 3. The first kappa shape index (κ1) is 11.1. The molecule has 1 aromatic carbocycles. The molecule has 0 aromatic heterocycles. The van der Waals surface area contributed by atoms with Gasteiger partial charge in [-0.25, -0.2) is 0 Å². The van der Waals surface area contributed by atoms with E-state index in [0.29, 0.717) is 0 Å². The summed E-state index contributed by atoms with van der Waals surface area (Å²) in [6.07, 6.45) is 17.0. The number of aryl methyl sites for hydroxylation is 1. The van der Waals surface area contributed by atoms with Crippen LogP contribution < -0.4 is 0 Å². The highest BCUT2D eigenvalue weighted by atomic mass is 14.2. The maximum Gasteiger partial charge on any atom is -0.00853 e. The van der Waals surface area contributed by atoms with Crippen molar-refractivity contribution < 1.29 is 0 Å². The largest absolute Gasteiger partial charge is 0.0795 e. The highest BCUT2D eigenvalue weighted by Gasteiger charge is 2.14. The normalized spacial score (nSPS) is 19.8. The highest BCUT2D eigenvalue weighted by Crippen LogP contribution is 2.29. The minimum Gasteiger partial charge on any atom is -0.0795 e. The van der Waals surface area contributed by atoms with Crippen molar-refractivity contribution in [1.29, 1.82) is 0 Å². The fourth-order valence-corrected chi connectivity index (χ4v) is 3.33. The molecule has 0 saturated carbocycles. The molecule has 0 N–H and O–H groups in total. The number of hydrogen-bond acceptors (Lipinski definition) is 0. The molecule has 0 atom stereocenters. The minimum absolute atomic E-state index is 1.18. The number of hydrogen-bond donors (Lipinski definition) is 0. The first-order valence-corrected chi connectivity index (χ1v) is 7.25. The molecule has 0 unspecified atom stereocenters. The van der Waals surface area contributed by atoms with Gasteiger partial charge in [-0.3, -0.25) is 0 Å². The second-order valence-electron chi connectivity index (χ2n) is 5.50. The van der Waals surface area contributed by atoms with Crippen LogP contribution in [0.2, 0.25) is 0 Å². The fourth-order valence-electron chi connectivity index (χ4n) is 3.33. The topological polar surface area (TPSA) is 0 Å². The van der Waals surface area contributed by atoms with Crippen molar-refractivity contribution >= 4 is 6.08 Å². The van der Waals surface area contributed by atoms with Crippen molar-refractivity contribution in [3.05, 3.63) is 40.5 Å². The molecule has 0 heterocycles. The molecule has 0 heteroatoms. The van der Waals surface area contributed by atoms with Crippen LogP contribution in [-0.4, -0.2) is 0 Å². The van der Waals surface area contributed by atoms with E-state index in [0.717, 1.165) is 0 Å². The van der Waals surface area contributed by atoms with Gasteiger partial charge in [-0.15, -0.1) is 0 Å². The van der Waals surface area contributed by atoms with E-state index in [-0.39, 0.29) is 0 Å². The zero-order valence-electron chi connectivity index (χ0n) is 10.7. The average molecular weight is 226 g/mol. The predicted octanol–water partition coefficient (Wildman–Crippen LogP) is 4.70. The molecule has 0 saturated heterocycles. The third-order valence-corrected chi connectivity index (χ3v) is 4.31. The molecule has 0 bridgehead atoms. The van der Waals surface area contributed by atoms with Crippen LogP contribution in [-0.2, 0) is 19.3 Å². The Morgan fingerprint density at radius 1 is 0.706 bits per heavy atom. The monoisotopic (exact) mass is 226 g/mol. The molecule has 0 spiro atoms. The fraction of sp³-hybridized carbons (Fsp3) is 0.529. The molecule has 1 aromatic rings. The van der Waals surface area contributed by atoms with E-state index >= 15 is 0 Å². The molecule has 0 radical (unpaired) electrons. The van der Waals surface area contributed by atoms with E-state index in [1.807, 2.05) is 0 Å². The molecule has 2 aliphatic rings. The van der Waals surface area contributed by atoms with Gasteiger partial charge >= 0.3 is 0 Å². The van der Waals surface area contributed by atoms with Crippen molar-refractivity contribution in [1.82, 2.24) is 0 Å². The van der Waals surface area contributed by atoms with Gasteiger partial charge in [0.15, 0.2) is 0 Å². The molecule has 2 aliphatic carbocycles. The average Bonchev–Trinajstić information content (AvgIpc) is 2.83. The maximum atomic E-state index is 2.39. The van der Waals surface area contributed by atoms with Gasteiger partial charge < -0.3 is 0 Å². The SMILES string of the molecule is C1=Cc2ccc3c(c2C1)CCCCCCCC3. The zero-order chi connectivity index (χ0) is 11.5. The van der Waals surface area contributed by atoms with Crippen LogP contribution in [0.1, 0.15) is 60.8 Å². The smallest absolute Gasteiger partial charge is 0.00853 e. The van der Waals surface area contributed by atoms with Crippen molar-refractivity contribution in [3.63, 3.8) is 0 Å². The van der Waals surface area contributed by atoms with Gasteiger partial charge in [-0.1, -0.05) is 50.0 Å². The summed E-state index contributed by atoms with van der Waals surface area (Å²) in [6.45, 7) is 0. The van der Waals surface area contributed by atoms with Gasteiger partial charge in [0.2, 0.25) is 0 Å². The Morgan fingerprint density at radius 2 is 1.47 bits per heavy atom. The summed E-state index contributed by atoms with van der Waals surface area (Å²) in [4.78, 5) is 0. The molecular weight excluding hydrogens is 204 g/mol. The Bertz CT molecular complexity index is 426. The Hall–Kier alpha value is -1.04. The third-order valence-electron chi connectivity index (χ3n) is 4.31. The van der Waals surface area contributed by atoms with Crippen molar-refractivity contribution in [3.8, 4) is 0 Å². The molecule has 17 heavy (non-hydrogen) atoms. The lowest BCUT2D eigenvalue weighted by molar-refractivity contribution is 0.580. The van der Waals surface area contributed by atoms with Gasteiger partial charge in [0.05, 0.1) is 0 Å². The van der Waals surface area contributed by atoms with Crippen molar-refractivity contribution in [2.45, 2.75) is 57.8 Å². The third kappa shape index (κ3) is 2.31. The lowest BCUT2D eigenvalue weighted by Crippen LogP contribution is -2.02. The summed E-state index contributed by atoms with van der Waals surface area (Å²) < 4.78 is 0. The van der Waals surface area contributed by atoms with Crippen LogP contribution in [0.3, 0.4) is 0 Å². The first-order chi connectivity index (χ1) is 8.45. The quantitative estimate of drug-likeness (QED) is 0.601. The van der Waals surface area contributed by atoms with E-state index < -0.39 is 0 Å².